The van der Waals surface area contributed by atoms with Crippen molar-refractivity contribution in [2.24, 2.45) is 0 Å². The van der Waals surface area contributed by atoms with Gasteiger partial charge < -0.3 is 13.3 Å². The Balaban J connectivity index is 0.000000167. The van der Waals surface area contributed by atoms with Crippen molar-refractivity contribution in [2.75, 3.05) is 19.8 Å². The Hall–Kier alpha value is -0.509. The highest BCUT2D eigenvalue weighted by molar-refractivity contribution is 6.77. The lowest BCUT2D eigenvalue weighted by atomic mass is 10.2. The second-order valence-corrected chi connectivity index (χ2v) is 20.2. The molecule has 3 saturated heterocycles. The van der Waals surface area contributed by atoms with Crippen molar-refractivity contribution in [1.82, 2.24) is 0 Å². The van der Waals surface area contributed by atoms with E-state index in [1.165, 1.54) is 67.4 Å². The molecule has 0 saturated carbocycles. The molecule has 3 nitrogen and oxygen atoms in total. The van der Waals surface area contributed by atoms with Crippen LogP contribution in [-0.4, -0.2) is 45.5 Å². The van der Waals surface area contributed by atoms with Gasteiger partial charge in [-0.3, -0.25) is 0 Å². The third-order valence-electron chi connectivity index (χ3n) is 6.31. The molecular formula is C24H44O3Si3. The van der Waals surface area contributed by atoms with E-state index in [1.807, 2.05) is 5.70 Å². The summed E-state index contributed by atoms with van der Waals surface area (Å²) in [6.45, 7) is 15.8. The van der Waals surface area contributed by atoms with E-state index in [4.69, 9.17) is 13.3 Å². The van der Waals surface area contributed by atoms with Crippen LogP contribution in [0, 0.1) is 6.92 Å². The Morgan fingerprint density at radius 3 is 1.97 bits per heavy atom. The highest BCUT2D eigenvalue weighted by Gasteiger charge is 2.27. The van der Waals surface area contributed by atoms with Crippen LogP contribution in [-0.2, 0) is 13.3 Å². The predicted octanol–water partition coefficient (Wildman–Crippen LogP) is 5.84. The van der Waals surface area contributed by atoms with Gasteiger partial charge in [0.05, 0.1) is 0 Å². The lowest BCUT2D eigenvalue weighted by Gasteiger charge is -2.27. The molecule has 4 rings (SSSR count). The first-order valence-electron chi connectivity index (χ1n) is 11.9. The largest absolute Gasteiger partial charge is 0.417 e. The summed E-state index contributed by atoms with van der Waals surface area (Å²) in [6, 6.07) is 12.6. The van der Waals surface area contributed by atoms with Gasteiger partial charge in [-0.2, -0.15) is 0 Å². The molecule has 6 heteroatoms. The predicted molar refractivity (Wildman–Crippen MR) is 137 cm³/mol. The van der Waals surface area contributed by atoms with Gasteiger partial charge in [0.15, 0.2) is 8.32 Å². The molecule has 170 valence electrons. The minimum atomic E-state index is -1.35. The highest BCUT2D eigenvalue weighted by atomic mass is 28.4. The van der Waals surface area contributed by atoms with Gasteiger partial charge in [-0.05, 0) is 74.7 Å². The molecular weight excluding hydrogens is 421 g/mol. The van der Waals surface area contributed by atoms with Crippen LogP contribution in [0.4, 0.5) is 0 Å². The van der Waals surface area contributed by atoms with Crippen LogP contribution in [0.1, 0.15) is 44.1 Å². The molecule has 0 bridgehead atoms. The van der Waals surface area contributed by atoms with Crippen molar-refractivity contribution in [1.29, 1.82) is 0 Å². The van der Waals surface area contributed by atoms with Crippen LogP contribution >= 0.6 is 0 Å². The normalized spacial score (nSPS) is 28.2. The minimum absolute atomic E-state index is 0.967. The second-order valence-electron chi connectivity index (χ2n) is 9.60. The standard InChI is InChI=1S/C11H16OSi.C7H14OSi.C6H14OSi/c1-10-6-2-3-7-11(10)13-9-5-4-8-12-13;1-3-9(2)7-5-4-6-8-9;1-8(2)6-4-3-5-7-8/h2-3,6-7,13H,4-5,8-9H2,1H3;3H,1,4-7H2,2H3;3-6H2,1-2H3. The van der Waals surface area contributed by atoms with E-state index in [1.54, 1.807) is 0 Å². The first-order valence-corrected chi connectivity index (χ1v) is 19.6. The topological polar surface area (TPSA) is 27.7 Å². The minimum Gasteiger partial charge on any atom is -0.417 e. The Morgan fingerprint density at radius 1 is 0.867 bits per heavy atom. The molecule has 2 unspecified atom stereocenters. The van der Waals surface area contributed by atoms with Crippen LogP contribution < -0.4 is 5.19 Å². The van der Waals surface area contributed by atoms with Gasteiger partial charge in [0, 0.05) is 19.8 Å². The molecule has 0 amide bonds. The smallest absolute Gasteiger partial charge is 0.213 e. The Morgan fingerprint density at radius 2 is 1.53 bits per heavy atom. The molecule has 0 N–H and O–H groups in total. The van der Waals surface area contributed by atoms with E-state index in [-0.39, 0.29) is 0 Å². The van der Waals surface area contributed by atoms with Gasteiger partial charge in [0.2, 0.25) is 17.4 Å². The number of hydrogen-bond acceptors (Lipinski definition) is 3. The van der Waals surface area contributed by atoms with E-state index in [2.05, 4.69) is 57.4 Å². The highest BCUT2D eigenvalue weighted by Crippen LogP contribution is 2.21. The van der Waals surface area contributed by atoms with Crippen LogP contribution in [0.25, 0.3) is 0 Å². The Labute approximate surface area is 189 Å². The summed E-state index contributed by atoms with van der Waals surface area (Å²) < 4.78 is 17.1. The fraction of sp³-hybridized carbons (Fsp3) is 0.667. The fourth-order valence-electron chi connectivity index (χ4n) is 4.12. The van der Waals surface area contributed by atoms with E-state index < -0.39 is 25.7 Å². The maximum atomic E-state index is 5.88. The van der Waals surface area contributed by atoms with E-state index in [0.717, 1.165) is 19.8 Å². The molecule has 2 atom stereocenters. The Kier molecular flexibility index (Phi) is 11.3. The molecule has 1 aromatic carbocycles. The van der Waals surface area contributed by atoms with Crippen LogP contribution in [0.3, 0.4) is 0 Å². The Bertz CT molecular complexity index is 616. The van der Waals surface area contributed by atoms with Gasteiger partial charge in [-0.1, -0.05) is 49.2 Å². The lowest BCUT2D eigenvalue weighted by Crippen LogP contribution is -2.37. The first-order chi connectivity index (χ1) is 14.4. The van der Waals surface area contributed by atoms with Gasteiger partial charge in [-0.25, -0.2) is 0 Å². The quantitative estimate of drug-likeness (QED) is 0.515. The summed E-state index contributed by atoms with van der Waals surface area (Å²) in [5.41, 5.74) is 3.47. The van der Waals surface area contributed by atoms with Crippen LogP contribution in [0.5, 0.6) is 0 Å². The van der Waals surface area contributed by atoms with Gasteiger partial charge in [0.1, 0.15) is 0 Å². The monoisotopic (exact) mass is 464 g/mol. The SMILES string of the molecule is C=C[Si]1(C)CCCCO1.C[Si]1(C)CCCCO1.Cc1ccccc1[SiH]1CCCCO1. The average molecular weight is 465 g/mol. The summed E-state index contributed by atoms with van der Waals surface area (Å²) >= 11 is 0. The molecule has 3 aliphatic heterocycles. The second kappa shape index (κ2) is 13.1. The molecule has 0 spiro atoms. The van der Waals surface area contributed by atoms with E-state index in [9.17, 15) is 0 Å². The zero-order valence-corrected chi connectivity index (χ0v) is 23.0. The molecule has 30 heavy (non-hydrogen) atoms. The summed E-state index contributed by atoms with van der Waals surface area (Å²) in [6.07, 6.45) is 7.90. The van der Waals surface area contributed by atoms with Crippen molar-refractivity contribution in [2.45, 2.75) is 83.2 Å². The third-order valence-corrected chi connectivity index (χ3v) is 14.8. The summed E-state index contributed by atoms with van der Waals surface area (Å²) in [4.78, 5) is 0. The molecule has 1 aromatic rings. The van der Waals surface area contributed by atoms with E-state index in [0.29, 0.717) is 0 Å². The summed E-state index contributed by atoms with van der Waals surface area (Å²) in [5.74, 6) is 0. The van der Waals surface area contributed by atoms with Gasteiger partial charge >= 0.3 is 0 Å². The molecule has 0 radical (unpaired) electrons. The van der Waals surface area contributed by atoms with Crippen molar-refractivity contribution in [3.8, 4) is 0 Å². The molecule has 0 aliphatic carbocycles. The molecule has 3 aliphatic rings. The first kappa shape index (κ1) is 25.7. The van der Waals surface area contributed by atoms with Crippen LogP contribution in [0.2, 0.25) is 37.8 Å². The van der Waals surface area contributed by atoms with Gasteiger partial charge in [-0.15, -0.1) is 6.58 Å². The number of benzene rings is 1. The van der Waals surface area contributed by atoms with Gasteiger partial charge in [0.25, 0.3) is 0 Å². The molecule has 3 heterocycles. The van der Waals surface area contributed by atoms with Crippen LogP contribution in [0.15, 0.2) is 36.5 Å². The van der Waals surface area contributed by atoms with Crippen molar-refractivity contribution in [3.63, 3.8) is 0 Å². The lowest BCUT2D eigenvalue weighted by molar-refractivity contribution is 0.275. The zero-order valence-electron chi connectivity index (χ0n) is 19.9. The van der Waals surface area contributed by atoms with Crippen molar-refractivity contribution in [3.05, 3.63) is 42.1 Å². The number of aryl methyl sites for hydroxylation is 1. The number of hydrogen-bond donors (Lipinski definition) is 0. The van der Waals surface area contributed by atoms with Crippen molar-refractivity contribution >= 4 is 30.9 Å². The summed E-state index contributed by atoms with van der Waals surface area (Å²) in [5, 5.41) is 1.52. The average Bonchev–Trinajstić information content (AvgIpc) is 2.76. The van der Waals surface area contributed by atoms with Crippen molar-refractivity contribution < 1.29 is 13.3 Å². The van der Waals surface area contributed by atoms with E-state index >= 15 is 0 Å². The maximum absolute atomic E-state index is 5.88. The zero-order chi connectivity index (χ0) is 21.9. The molecule has 0 aromatic heterocycles. The third kappa shape index (κ3) is 9.32. The molecule has 3 fully saturated rings. The number of rotatable bonds is 2. The maximum Gasteiger partial charge on any atom is 0.213 e. The fourth-order valence-corrected chi connectivity index (χ4v) is 10.8. The summed E-state index contributed by atoms with van der Waals surface area (Å²) in [7, 11) is -3.46.